The van der Waals surface area contributed by atoms with Crippen molar-refractivity contribution in [3.63, 3.8) is 0 Å². The minimum atomic E-state index is -1.56. The Morgan fingerprint density at radius 3 is 2.27 bits per heavy atom. The third kappa shape index (κ3) is 1.18. The van der Waals surface area contributed by atoms with E-state index in [-0.39, 0.29) is 5.46 Å². The van der Waals surface area contributed by atoms with Crippen LogP contribution in [0.1, 0.15) is 0 Å². The Morgan fingerprint density at radius 1 is 1.18 bits per heavy atom. The monoisotopic (exact) mass is 160 g/mol. The zero-order valence-electron chi connectivity index (χ0n) is 5.66. The molecule has 0 aromatic heterocycles. The van der Waals surface area contributed by atoms with E-state index in [9.17, 15) is 13.2 Å². The quantitative estimate of drug-likeness (QED) is 0.420. The third-order valence-corrected chi connectivity index (χ3v) is 1.38. The molecule has 0 aliphatic carbocycles. The summed E-state index contributed by atoms with van der Waals surface area (Å²) in [5, 5.41) is 8.76. The number of rotatable bonds is 0. The van der Waals surface area contributed by atoms with Crippen molar-refractivity contribution in [2.45, 2.75) is 0 Å². The van der Waals surface area contributed by atoms with E-state index >= 15 is 0 Å². The second kappa shape index (κ2) is 2.49. The summed E-state index contributed by atoms with van der Waals surface area (Å²) in [5.74, 6) is -4.87. The van der Waals surface area contributed by atoms with Gasteiger partial charge in [0.2, 0.25) is 0 Å². The van der Waals surface area contributed by atoms with Crippen LogP contribution in [0.3, 0.4) is 0 Å². The van der Waals surface area contributed by atoms with Gasteiger partial charge in [0, 0.05) is 6.07 Å². The Balaban J connectivity index is 3.46. The maximum atomic E-state index is 12.5. The van der Waals surface area contributed by atoms with Gasteiger partial charge in [0.05, 0.1) is 0 Å². The van der Waals surface area contributed by atoms with Crippen molar-refractivity contribution in [3.8, 4) is 5.75 Å². The van der Waals surface area contributed by atoms with Crippen LogP contribution < -0.4 is 5.46 Å². The summed E-state index contributed by atoms with van der Waals surface area (Å²) in [7, 11) is 1.16. The van der Waals surface area contributed by atoms with Crippen molar-refractivity contribution in [3.05, 3.63) is 23.5 Å². The molecule has 0 radical (unpaired) electrons. The number of phenols is 1. The summed E-state index contributed by atoms with van der Waals surface area (Å²) >= 11 is 0. The van der Waals surface area contributed by atoms with Crippen LogP contribution in [-0.4, -0.2) is 13.0 Å². The lowest BCUT2D eigenvalue weighted by Crippen LogP contribution is -2.12. The highest BCUT2D eigenvalue weighted by Crippen LogP contribution is 2.14. The molecule has 58 valence electrons. The van der Waals surface area contributed by atoms with Crippen LogP contribution in [0, 0.1) is 17.5 Å². The summed E-state index contributed by atoms with van der Waals surface area (Å²) in [6, 6.07) is 0.535. The summed E-state index contributed by atoms with van der Waals surface area (Å²) in [6.07, 6.45) is 0. The van der Waals surface area contributed by atoms with E-state index in [1.807, 2.05) is 0 Å². The summed E-state index contributed by atoms with van der Waals surface area (Å²) in [5.41, 5.74) is -0.288. The first kappa shape index (κ1) is 7.98. The van der Waals surface area contributed by atoms with E-state index in [1.54, 1.807) is 0 Å². The van der Waals surface area contributed by atoms with E-state index < -0.39 is 23.2 Å². The Bertz CT molecular complexity index is 274. The van der Waals surface area contributed by atoms with Crippen LogP contribution >= 0.6 is 0 Å². The Kier molecular flexibility index (Phi) is 1.80. The largest absolute Gasteiger partial charge is 0.508 e. The molecule has 1 nitrogen and oxygen atoms in total. The topological polar surface area (TPSA) is 20.2 Å². The fourth-order valence-electron chi connectivity index (χ4n) is 0.674. The molecule has 0 aliphatic heterocycles. The van der Waals surface area contributed by atoms with Gasteiger partial charge in [-0.25, -0.2) is 13.2 Å². The number of halogens is 3. The lowest BCUT2D eigenvalue weighted by atomic mass is 9.94. The minimum absolute atomic E-state index is 0.288. The van der Waals surface area contributed by atoms with Gasteiger partial charge < -0.3 is 5.11 Å². The molecule has 1 N–H and O–H groups in total. The van der Waals surface area contributed by atoms with Gasteiger partial charge in [0.15, 0.2) is 17.5 Å². The lowest BCUT2D eigenvalue weighted by molar-refractivity contribution is 0.426. The Labute approximate surface area is 61.9 Å². The van der Waals surface area contributed by atoms with Crippen LogP contribution in [0.25, 0.3) is 0 Å². The number of hydrogen-bond donors (Lipinski definition) is 1. The number of phenolic OH excluding ortho intramolecular Hbond substituents is 1. The van der Waals surface area contributed by atoms with Gasteiger partial charge in [-0.05, 0) is 5.46 Å². The van der Waals surface area contributed by atoms with Gasteiger partial charge in [-0.3, -0.25) is 0 Å². The molecule has 1 aromatic carbocycles. The molecular weight excluding hydrogens is 156 g/mol. The highest BCUT2D eigenvalue weighted by molar-refractivity contribution is 6.34. The second-order valence-corrected chi connectivity index (χ2v) is 2.13. The summed E-state index contributed by atoms with van der Waals surface area (Å²) < 4.78 is 37.0. The Morgan fingerprint density at radius 2 is 1.73 bits per heavy atom. The molecule has 0 fully saturated rings. The molecule has 0 aliphatic rings. The SMILES string of the molecule is Bc1c(O)cc(F)c(F)c1F. The van der Waals surface area contributed by atoms with Crippen molar-refractivity contribution in [2.24, 2.45) is 0 Å². The summed E-state index contributed by atoms with van der Waals surface area (Å²) in [4.78, 5) is 0. The van der Waals surface area contributed by atoms with Crippen molar-refractivity contribution >= 4 is 13.3 Å². The van der Waals surface area contributed by atoms with Crippen LogP contribution in [-0.2, 0) is 0 Å². The van der Waals surface area contributed by atoms with Crippen LogP contribution in [0.4, 0.5) is 13.2 Å². The molecule has 0 saturated heterocycles. The van der Waals surface area contributed by atoms with Crippen molar-refractivity contribution in [1.29, 1.82) is 0 Å². The first-order valence-electron chi connectivity index (χ1n) is 2.87. The number of aromatic hydroxyl groups is 1. The van der Waals surface area contributed by atoms with Gasteiger partial charge in [0.1, 0.15) is 13.6 Å². The molecule has 0 unspecified atom stereocenters. The van der Waals surface area contributed by atoms with Crippen LogP contribution in [0.2, 0.25) is 0 Å². The first-order chi connectivity index (χ1) is 5.04. The van der Waals surface area contributed by atoms with Gasteiger partial charge in [-0.15, -0.1) is 0 Å². The predicted octanol–water partition coefficient (Wildman–Crippen LogP) is 0.0679. The van der Waals surface area contributed by atoms with Gasteiger partial charge in [0.25, 0.3) is 0 Å². The molecule has 0 saturated carbocycles. The smallest absolute Gasteiger partial charge is 0.194 e. The molecule has 0 amide bonds. The Hall–Kier alpha value is -1.13. The lowest BCUT2D eigenvalue weighted by Gasteiger charge is -2.01. The molecule has 11 heavy (non-hydrogen) atoms. The van der Waals surface area contributed by atoms with Gasteiger partial charge >= 0.3 is 0 Å². The molecule has 0 spiro atoms. The fraction of sp³-hybridized carbons (Fsp3) is 0. The summed E-state index contributed by atoms with van der Waals surface area (Å²) in [6.45, 7) is 0. The normalized spacial score (nSPS) is 10.1. The van der Waals surface area contributed by atoms with Crippen LogP contribution in [0.15, 0.2) is 6.07 Å². The van der Waals surface area contributed by atoms with Gasteiger partial charge in [-0.2, -0.15) is 0 Å². The molecule has 0 atom stereocenters. The van der Waals surface area contributed by atoms with Gasteiger partial charge in [-0.1, -0.05) is 0 Å². The first-order valence-corrected chi connectivity index (χ1v) is 2.87. The fourth-order valence-corrected chi connectivity index (χ4v) is 0.674. The van der Waals surface area contributed by atoms with Crippen molar-refractivity contribution in [2.75, 3.05) is 0 Å². The second-order valence-electron chi connectivity index (χ2n) is 2.13. The van der Waals surface area contributed by atoms with Crippen molar-refractivity contribution in [1.82, 2.24) is 0 Å². The van der Waals surface area contributed by atoms with E-state index in [1.165, 1.54) is 0 Å². The third-order valence-electron chi connectivity index (χ3n) is 1.38. The molecular formula is C6H4BF3O. The van der Waals surface area contributed by atoms with E-state index in [0.717, 1.165) is 7.85 Å². The average molecular weight is 160 g/mol. The number of benzene rings is 1. The predicted molar refractivity (Wildman–Crippen MR) is 36.2 cm³/mol. The zero-order chi connectivity index (χ0) is 8.59. The van der Waals surface area contributed by atoms with E-state index in [2.05, 4.69) is 0 Å². The van der Waals surface area contributed by atoms with E-state index in [4.69, 9.17) is 5.11 Å². The number of hydrogen-bond acceptors (Lipinski definition) is 1. The van der Waals surface area contributed by atoms with E-state index in [0.29, 0.717) is 6.07 Å². The highest BCUT2D eigenvalue weighted by atomic mass is 19.2. The highest BCUT2D eigenvalue weighted by Gasteiger charge is 2.14. The average Bonchev–Trinajstić information content (AvgIpc) is 1.97. The maximum absolute atomic E-state index is 12.5. The molecule has 0 heterocycles. The van der Waals surface area contributed by atoms with Crippen LogP contribution in [0.5, 0.6) is 5.75 Å². The molecule has 1 aromatic rings. The minimum Gasteiger partial charge on any atom is -0.508 e. The van der Waals surface area contributed by atoms with Crippen molar-refractivity contribution < 1.29 is 18.3 Å². The zero-order valence-corrected chi connectivity index (χ0v) is 5.66. The molecule has 1 rings (SSSR count). The molecule has 0 bridgehead atoms. The standard InChI is InChI=1S/C6H4BF3O/c7-4-3(11)1-2(8)5(9)6(4)10/h1,11H,7H2. The maximum Gasteiger partial charge on any atom is 0.194 e. The molecule has 5 heteroatoms.